The van der Waals surface area contributed by atoms with Gasteiger partial charge in [-0.2, -0.15) is 0 Å². The summed E-state index contributed by atoms with van der Waals surface area (Å²) in [6.07, 6.45) is 3.21. The topological polar surface area (TPSA) is 17.1 Å². The van der Waals surface area contributed by atoms with E-state index in [9.17, 15) is 4.79 Å². The number of halogens is 1. The molecule has 0 heterocycles. The molecular weight excluding hydrogens is 216 g/mol. The molecule has 0 saturated heterocycles. The molecule has 0 aliphatic heterocycles. The second kappa shape index (κ2) is 6.10. The molecule has 1 aromatic carbocycles. The normalized spacial score (nSPS) is 10.1. The number of carbonyl (C=O) groups is 1. The van der Waals surface area contributed by atoms with Crippen molar-refractivity contribution in [1.29, 1.82) is 0 Å². The summed E-state index contributed by atoms with van der Waals surface area (Å²) < 4.78 is 0. The highest BCUT2D eigenvalue weighted by Crippen LogP contribution is 2.25. The molecule has 0 saturated carbocycles. The minimum atomic E-state index is 0.618. The Morgan fingerprint density at radius 3 is 2.93 bits per heavy atom. The zero-order valence-electron chi connectivity index (χ0n) is 8.13. The summed E-state index contributed by atoms with van der Waals surface area (Å²) in [5.74, 6) is 1.05. The van der Waals surface area contributed by atoms with E-state index in [4.69, 9.17) is 11.6 Å². The number of carbonyl (C=O) groups excluding carboxylic acids is 1. The van der Waals surface area contributed by atoms with Gasteiger partial charge in [0.2, 0.25) is 0 Å². The predicted octanol–water partition coefficient (Wildman–Crippen LogP) is 4.04. The Balaban J connectivity index is 2.70. The molecule has 3 heteroatoms. The zero-order chi connectivity index (χ0) is 10.4. The third kappa shape index (κ3) is 3.35. The van der Waals surface area contributed by atoms with Crippen molar-refractivity contribution in [3.05, 3.63) is 28.8 Å². The second-order valence-electron chi connectivity index (χ2n) is 3.00. The van der Waals surface area contributed by atoms with E-state index in [1.54, 1.807) is 17.8 Å². The van der Waals surface area contributed by atoms with Crippen molar-refractivity contribution >= 4 is 29.6 Å². The summed E-state index contributed by atoms with van der Waals surface area (Å²) in [5, 5.41) is 0.618. The van der Waals surface area contributed by atoms with E-state index < -0.39 is 0 Å². The molecule has 1 nitrogen and oxygen atoms in total. The van der Waals surface area contributed by atoms with Crippen molar-refractivity contribution in [3.8, 4) is 0 Å². The van der Waals surface area contributed by atoms with E-state index in [0.717, 1.165) is 16.9 Å². The standard InChI is InChI=1S/C11H13ClOS/c1-2-3-6-14-11-5-4-10(12)7-9(11)8-13/h4-5,7-8H,2-3,6H2,1H3. The van der Waals surface area contributed by atoms with Gasteiger partial charge in [0.15, 0.2) is 6.29 Å². The maximum Gasteiger partial charge on any atom is 0.151 e. The molecule has 0 aliphatic rings. The van der Waals surface area contributed by atoms with Crippen LogP contribution in [0.5, 0.6) is 0 Å². The lowest BCUT2D eigenvalue weighted by Crippen LogP contribution is -1.86. The Morgan fingerprint density at radius 1 is 1.50 bits per heavy atom. The van der Waals surface area contributed by atoms with Crippen molar-refractivity contribution in [1.82, 2.24) is 0 Å². The van der Waals surface area contributed by atoms with Gasteiger partial charge in [0.05, 0.1) is 0 Å². The van der Waals surface area contributed by atoms with Gasteiger partial charge in [0, 0.05) is 15.5 Å². The molecule has 0 radical (unpaired) electrons. The third-order valence-corrected chi connectivity index (χ3v) is 3.26. The van der Waals surface area contributed by atoms with Crippen molar-refractivity contribution in [2.45, 2.75) is 24.7 Å². The fourth-order valence-corrected chi connectivity index (χ4v) is 2.34. The van der Waals surface area contributed by atoms with Gasteiger partial charge in [0.1, 0.15) is 0 Å². The lowest BCUT2D eigenvalue weighted by Gasteiger charge is -2.03. The summed E-state index contributed by atoms with van der Waals surface area (Å²) >= 11 is 7.50. The third-order valence-electron chi connectivity index (χ3n) is 1.85. The monoisotopic (exact) mass is 228 g/mol. The zero-order valence-corrected chi connectivity index (χ0v) is 9.70. The van der Waals surface area contributed by atoms with E-state index in [0.29, 0.717) is 10.6 Å². The summed E-state index contributed by atoms with van der Waals surface area (Å²) in [6.45, 7) is 2.16. The van der Waals surface area contributed by atoms with Gasteiger partial charge < -0.3 is 0 Å². The first-order valence-corrected chi connectivity index (χ1v) is 6.01. The summed E-state index contributed by atoms with van der Waals surface area (Å²) in [5.41, 5.74) is 0.693. The van der Waals surface area contributed by atoms with Crippen LogP contribution in [0.2, 0.25) is 5.02 Å². The highest BCUT2D eigenvalue weighted by Gasteiger charge is 2.02. The highest BCUT2D eigenvalue weighted by atomic mass is 35.5. The Labute approximate surface area is 93.8 Å². The van der Waals surface area contributed by atoms with E-state index >= 15 is 0 Å². The van der Waals surface area contributed by atoms with Crippen LogP contribution in [0.25, 0.3) is 0 Å². The predicted molar refractivity (Wildman–Crippen MR) is 62.5 cm³/mol. The van der Waals surface area contributed by atoms with Crippen LogP contribution in [0.3, 0.4) is 0 Å². The van der Waals surface area contributed by atoms with Crippen molar-refractivity contribution in [2.24, 2.45) is 0 Å². The SMILES string of the molecule is CCCCSc1ccc(Cl)cc1C=O. The van der Waals surface area contributed by atoms with E-state index in [-0.39, 0.29) is 0 Å². The van der Waals surface area contributed by atoms with Crippen molar-refractivity contribution in [3.63, 3.8) is 0 Å². The van der Waals surface area contributed by atoms with Gasteiger partial charge in [-0.1, -0.05) is 24.9 Å². The molecule has 0 atom stereocenters. The Bertz CT molecular complexity index is 312. The molecule has 0 fully saturated rings. The maximum absolute atomic E-state index is 10.7. The number of benzene rings is 1. The smallest absolute Gasteiger partial charge is 0.151 e. The largest absolute Gasteiger partial charge is 0.298 e. The first-order chi connectivity index (χ1) is 6.77. The van der Waals surface area contributed by atoms with E-state index in [2.05, 4.69) is 6.92 Å². The molecule has 14 heavy (non-hydrogen) atoms. The Kier molecular flexibility index (Phi) is 5.05. The number of thioether (sulfide) groups is 1. The first kappa shape index (κ1) is 11.6. The van der Waals surface area contributed by atoms with Gasteiger partial charge in [0.25, 0.3) is 0 Å². The molecule has 0 spiro atoms. The lowest BCUT2D eigenvalue weighted by atomic mass is 10.2. The lowest BCUT2D eigenvalue weighted by molar-refractivity contribution is 0.112. The minimum Gasteiger partial charge on any atom is -0.298 e. The first-order valence-electron chi connectivity index (χ1n) is 4.65. The Morgan fingerprint density at radius 2 is 2.29 bits per heavy atom. The van der Waals surface area contributed by atoms with Crippen LogP contribution in [0.1, 0.15) is 30.1 Å². The van der Waals surface area contributed by atoms with Crippen LogP contribution < -0.4 is 0 Å². The van der Waals surface area contributed by atoms with Crippen molar-refractivity contribution < 1.29 is 4.79 Å². The molecular formula is C11H13ClOS. The van der Waals surface area contributed by atoms with Crippen LogP contribution in [0, 0.1) is 0 Å². The van der Waals surface area contributed by atoms with Crippen LogP contribution in [0.15, 0.2) is 23.1 Å². The van der Waals surface area contributed by atoms with Crippen molar-refractivity contribution in [2.75, 3.05) is 5.75 Å². The minimum absolute atomic E-state index is 0.618. The number of aldehydes is 1. The van der Waals surface area contributed by atoms with E-state index in [1.807, 2.05) is 12.1 Å². The van der Waals surface area contributed by atoms with Crippen LogP contribution in [0.4, 0.5) is 0 Å². The summed E-state index contributed by atoms with van der Waals surface area (Å²) in [4.78, 5) is 11.8. The number of rotatable bonds is 5. The maximum atomic E-state index is 10.7. The van der Waals surface area contributed by atoms with Gasteiger partial charge in [-0.25, -0.2) is 0 Å². The number of unbranched alkanes of at least 4 members (excludes halogenated alkanes) is 1. The molecule has 1 aromatic rings. The molecule has 0 amide bonds. The van der Waals surface area contributed by atoms with Gasteiger partial charge in [-0.15, -0.1) is 11.8 Å². The van der Waals surface area contributed by atoms with Gasteiger partial charge in [-0.3, -0.25) is 4.79 Å². The second-order valence-corrected chi connectivity index (χ2v) is 4.58. The van der Waals surface area contributed by atoms with Crippen LogP contribution in [-0.2, 0) is 0 Å². The van der Waals surface area contributed by atoms with Crippen LogP contribution in [-0.4, -0.2) is 12.0 Å². The quantitative estimate of drug-likeness (QED) is 0.430. The van der Waals surface area contributed by atoms with E-state index in [1.165, 1.54) is 12.8 Å². The molecule has 0 bridgehead atoms. The molecule has 76 valence electrons. The summed E-state index contributed by atoms with van der Waals surface area (Å²) in [6, 6.07) is 5.44. The number of hydrogen-bond donors (Lipinski definition) is 0. The average molecular weight is 229 g/mol. The molecule has 0 aromatic heterocycles. The van der Waals surface area contributed by atoms with Gasteiger partial charge >= 0.3 is 0 Å². The fourth-order valence-electron chi connectivity index (χ4n) is 1.07. The number of hydrogen-bond acceptors (Lipinski definition) is 2. The molecule has 0 N–H and O–H groups in total. The fraction of sp³-hybridized carbons (Fsp3) is 0.364. The molecule has 0 aliphatic carbocycles. The highest BCUT2D eigenvalue weighted by molar-refractivity contribution is 7.99. The average Bonchev–Trinajstić information content (AvgIpc) is 2.20. The molecule has 1 rings (SSSR count). The summed E-state index contributed by atoms with van der Waals surface area (Å²) in [7, 11) is 0. The van der Waals surface area contributed by atoms with Gasteiger partial charge in [-0.05, 0) is 30.4 Å². The Hall–Kier alpha value is -0.470. The van der Waals surface area contributed by atoms with Crippen LogP contribution >= 0.6 is 23.4 Å². The molecule has 0 unspecified atom stereocenters.